The van der Waals surface area contributed by atoms with Gasteiger partial charge in [-0.3, -0.25) is 4.79 Å². The fourth-order valence-electron chi connectivity index (χ4n) is 1.53. The van der Waals surface area contributed by atoms with Crippen LogP contribution in [0.1, 0.15) is 38.2 Å². The third kappa shape index (κ3) is 5.95. The number of benzene rings is 1. The van der Waals surface area contributed by atoms with Gasteiger partial charge in [-0.05, 0) is 37.0 Å². The van der Waals surface area contributed by atoms with E-state index < -0.39 is 5.97 Å². The van der Waals surface area contributed by atoms with Crippen LogP contribution in [0.5, 0.6) is 5.75 Å². The van der Waals surface area contributed by atoms with Crippen LogP contribution in [0.3, 0.4) is 0 Å². The second-order valence-corrected chi connectivity index (χ2v) is 4.09. The first kappa shape index (κ1) is 13.6. The molecule has 0 saturated heterocycles. The SMILES string of the molecule is CCCCOc1ccc(CCCC(=O)O)cc1. The predicted octanol–water partition coefficient (Wildman–Crippen LogP) is 3.27. The van der Waals surface area contributed by atoms with Gasteiger partial charge >= 0.3 is 5.97 Å². The van der Waals surface area contributed by atoms with E-state index in [0.717, 1.165) is 37.2 Å². The van der Waals surface area contributed by atoms with Gasteiger partial charge in [0.05, 0.1) is 6.61 Å². The largest absolute Gasteiger partial charge is 0.494 e. The minimum Gasteiger partial charge on any atom is -0.494 e. The zero-order chi connectivity index (χ0) is 12.5. The molecule has 0 atom stereocenters. The lowest BCUT2D eigenvalue weighted by Gasteiger charge is -2.06. The standard InChI is InChI=1S/C14H20O3/c1-2-3-11-17-13-9-7-12(8-10-13)5-4-6-14(15)16/h7-10H,2-6,11H2,1H3,(H,15,16). The molecule has 0 unspecified atom stereocenters. The van der Waals surface area contributed by atoms with Crippen LogP contribution in [0.2, 0.25) is 0 Å². The Morgan fingerprint density at radius 3 is 2.53 bits per heavy atom. The lowest BCUT2D eigenvalue weighted by molar-refractivity contribution is -0.137. The molecule has 0 amide bonds. The number of rotatable bonds is 8. The second kappa shape index (κ2) is 7.71. The van der Waals surface area contributed by atoms with Crippen molar-refractivity contribution in [3.05, 3.63) is 29.8 Å². The highest BCUT2D eigenvalue weighted by molar-refractivity contribution is 5.66. The summed E-state index contributed by atoms with van der Waals surface area (Å²) in [5, 5.41) is 8.54. The van der Waals surface area contributed by atoms with Crippen LogP contribution in [-0.2, 0) is 11.2 Å². The summed E-state index contributed by atoms with van der Waals surface area (Å²) in [6.45, 7) is 2.89. The Labute approximate surface area is 102 Å². The molecule has 0 radical (unpaired) electrons. The quantitative estimate of drug-likeness (QED) is 0.705. The summed E-state index contributed by atoms with van der Waals surface area (Å²) in [4.78, 5) is 10.4. The number of hydrogen-bond acceptors (Lipinski definition) is 2. The van der Waals surface area contributed by atoms with Crippen molar-refractivity contribution in [3.8, 4) is 5.75 Å². The first-order chi connectivity index (χ1) is 8.22. The van der Waals surface area contributed by atoms with Gasteiger partial charge in [0, 0.05) is 6.42 Å². The minimum atomic E-state index is -0.732. The number of hydrogen-bond donors (Lipinski definition) is 1. The highest BCUT2D eigenvalue weighted by Gasteiger charge is 1.99. The van der Waals surface area contributed by atoms with Crippen LogP contribution < -0.4 is 4.74 Å². The van der Waals surface area contributed by atoms with Crippen molar-refractivity contribution in [3.63, 3.8) is 0 Å². The second-order valence-electron chi connectivity index (χ2n) is 4.09. The van der Waals surface area contributed by atoms with Crippen molar-refractivity contribution >= 4 is 5.97 Å². The van der Waals surface area contributed by atoms with E-state index in [1.165, 1.54) is 0 Å². The molecule has 3 heteroatoms. The Bertz CT molecular complexity index is 330. The van der Waals surface area contributed by atoms with Gasteiger partial charge in [0.1, 0.15) is 5.75 Å². The molecule has 0 saturated carbocycles. The van der Waals surface area contributed by atoms with E-state index in [1.54, 1.807) is 0 Å². The molecule has 0 aliphatic rings. The third-order valence-corrected chi connectivity index (χ3v) is 2.55. The third-order valence-electron chi connectivity index (χ3n) is 2.55. The zero-order valence-electron chi connectivity index (χ0n) is 10.3. The lowest BCUT2D eigenvalue weighted by Crippen LogP contribution is -1.97. The molecule has 94 valence electrons. The molecule has 0 fully saturated rings. The van der Waals surface area contributed by atoms with Crippen LogP contribution in [0.15, 0.2) is 24.3 Å². The molecule has 0 heterocycles. The number of aryl methyl sites for hydroxylation is 1. The topological polar surface area (TPSA) is 46.5 Å². The van der Waals surface area contributed by atoms with Gasteiger partial charge < -0.3 is 9.84 Å². The highest BCUT2D eigenvalue weighted by atomic mass is 16.5. The summed E-state index contributed by atoms with van der Waals surface area (Å²) in [6.07, 6.45) is 3.93. The first-order valence-corrected chi connectivity index (χ1v) is 6.16. The van der Waals surface area contributed by atoms with Gasteiger partial charge in [0.2, 0.25) is 0 Å². The number of aliphatic carboxylic acids is 1. The monoisotopic (exact) mass is 236 g/mol. The molecule has 1 aromatic carbocycles. The Hall–Kier alpha value is -1.51. The van der Waals surface area contributed by atoms with Gasteiger partial charge in [0.25, 0.3) is 0 Å². The lowest BCUT2D eigenvalue weighted by atomic mass is 10.1. The van der Waals surface area contributed by atoms with Crippen molar-refractivity contribution in [2.45, 2.75) is 39.0 Å². The van der Waals surface area contributed by atoms with E-state index in [1.807, 2.05) is 24.3 Å². The molecular weight excluding hydrogens is 216 g/mol. The predicted molar refractivity (Wildman–Crippen MR) is 67.4 cm³/mol. The summed E-state index contributed by atoms with van der Waals surface area (Å²) in [6, 6.07) is 7.91. The van der Waals surface area contributed by atoms with Gasteiger partial charge in [-0.15, -0.1) is 0 Å². The van der Waals surface area contributed by atoms with E-state index >= 15 is 0 Å². The fraction of sp³-hybridized carbons (Fsp3) is 0.500. The van der Waals surface area contributed by atoms with Crippen molar-refractivity contribution in [1.29, 1.82) is 0 Å². The molecular formula is C14H20O3. The van der Waals surface area contributed by atoms with Crippen molar-refractivity contribution in [2.75, 3.05) is 6.61 Å². The maximum absolute atomic E-state index is 10.4. The summed E-state index contributed by atoms with van der Waals surface area (Å²) in [5.74, 6) is 0.157. The molecule has 0 aliphatic heterocycles. The number of ether oxygens (including phenoxy) is 1. The fourth-order valence-corrected chi connectivity index (χ4v) is 1.53. The Balaban J connectivity index is 2.31. The minimum absolute atomic E-state index is 0.231. The van der Waals surface area contributed by atoms with Crippen LogP contribution in [0.4, 0.5) is 0 Å². The zero-order valence-corrected chi connectivity index (χ0v) is 10.3. The number of carbonyl (C=O) groups is 1. The number of unbranched alkanes of at least 4 members (excludes halogenated alkanes) is 1. The van der Waals surface area contributed by atoms with Crippen molar-refractivity contribution in [2.24, 2.45) is 0 Å². The van der Waals surface area contributed by atoms with E-state index in [2.05, 4.69) is 6.92 Å². The van der Waals surface area contributed by atoms with Crippen molar-refractivity contribution in [1.82, 2.24) is 0 Å². The molecule has 3 nitrogen and oxygen atoms in total. The van der Waals surface area contributed by atoms with Crippen LogP contribution in [0.25, 0.3) is 0 Å². The van der Waals surface area contributed by atoms with Gasteiger partial charge in [0.15, 0.2) is 0 Å². The number of carboxylic acids is 1. The molecule has 1 rings (SSSR count). The maximum Gasteiger partial charge on any atom is 0.303 e. The summed E-state index contributed by atoms with van der Waals surface area (Å²) in [5.41, 5.74) is 1.16. The van der Waals surface area contributed by atoms with Crippen LogP contribution in [-0.4, -0.2) is 17.7 Å². The highest BCUT2D eigenvalue weighted by Crippen LogP contribution is 2.14. The molecule has 1 N–H and O–H groups in total. The van der Waals surface area contributed by atoms with Gasteiger partial charge in [-0.1, -0.05) is 25.5 Å². The number of carboxylic acid groups (broad SMARTS) is 1. The van der Waals surface area contributed by atoms with E-state index in [0.29, 0.717) is 6.42 Å². The molecule has 1 aromatic rings. The van der Waals surface area contributed by atoms with E-state index in [-0.39, 0.29) is 6.42 Å². The Kier molecular flexibility index (Phi) is 6.15. The summed E-state index contributed by atoms with van der Waals surface area (Å²) in [7, 11) is 0. The maximum atomic E-state index is 10.4. The summed E-state index contributed by atoms with van der Waals surface area (Å²) >= 11 is 0. The van der Waals surface area contributed by atoms with Gasteiger partial charge in [-0.2, -0.15) is 0 Å². The normalized spacial score (nSPS) is 10.2. The average molecular weight is 236 g/mol. The van der Waals surface area contributed by atoms with Crippen LogP contribution in [0, 0.1) is 0 Å². The smallest absolute Gasteiger partial charge is 0.303 e. The molecule has 17 heavy (non-hydrogen) atoms. The van der Waals surface area contributed by atoms with E-state index in [4.69, 9.17) is 9.84 Å². The summed E-state index contributed by atoms with van der Waals surface area (Å²) < 4.78 is 5.55. The molecule has 0 aliphatic carbocycles. The molecule has 0 bridgehead atoms. The average Bonchev–Trinajstić information content (AvgIpc) is 2.31. The van der Waals surface area contributed by atoms with Crippen molar-refractivity contribution < 1.29 is 14.6 Å². The van der Waals surface area contributed by atoms with Gasteiger partial charge in [-0.25, -0.2) is 0 Å². The molecule has 0 spiro atoms. The Morgan fingerprint density at radius 1 is 1.24 bits per heavy atom. The van der Waals surface area contributed by atoms with E-state index in [9.17, 15) is 4.79 Å². The first-order valence-electron chi connectivity index (χ1n) is 6.16. The Morgan fingerprint density at radius 2 is 1.94 bits per heavy atom. The molecule has 0 aromatic heterocycles. The van der Waals surface area contributed by atoms with Crippen LogP contribution >= 0.6 is 0 Å².